The Morgan fingerprint density at radius 2 is 1.90 bits per heavy atom. The fourth-order valence-corrected chi connectivity index (χ4v) is 2.88. The maximum absolute atomic E-state index is 12.8. The topological polar surface area (TPSA) is 73.6 Å². The molecule has 1 atom stereocenters. The Morgan fingerprint density at radius 1 is 1.33 bits per heavy atom. The molecule has 0 aromatic carbocycles. The number of carbonyl (C=O) groups is 2. The first kappa shape index (κ1) is 17.3. The molecule has 1 aliphatic heterocycles. The molecule has 0 N–H and O–H groups in total. The number of likely N-dealkylation sites (tertiary alicyclic amines) is 1. The number of nitriles is 1. The number of nitrogens with zero attached hydrogens (tertiary/aromatic N) is 3. The van der Waals surface area contributed by atoms with Gasteiger partial charge in [-0.1, -0.05) is 0 Å². The van der Waals surface area contributed by atoms with Crippen LogP contribution in [-0.2, 0) is 9.53 Å². The third kappa shape index (κ3) is 3.12. The summed E-state index contributed by atoms with van der Waals surface area (Å²) >= 11 is 0. The predicted octanol–water partition coefficient (Wildman–Crippen LogP) is 2.15. The molecule has 0 bridgehead atoms. The second kappa shape index (κ2) is 6.79. The largest absolute Gasteiger partial charge is 0.463 e. The average Bonchev–Trinajstić information content (AvgIpc) is 2.82. The van der Waals surface area contributed by atoms with E-state index in [-0.39, 0.29) is 24.7 Å². The summed E-state index contributed by atoms with van der Waals surface area (Å²) in [6.07, 6.45) is 0.959. The first-order valence-electron chi connectivity index (χ1n) is 7.50. The Morgan fingerprint density at radius 3 is 2.33 bits per heavy atom. The van der Waals surface area contributed by atoms with Crippen molar-refractivity contribution in [3.05, 3.63) is 0 Å². The summed E-state index contributed by atoms with van der Waals surface area (Å²) in [6, 6.07) is 1.75. The van der Waals surface area contributed by atoms with E-state index in [1.165, 1.54) is 4.90 Å². The second-order valence-corrected chi connectivity index (χ2v) is 5.83. The van der Waals surface area contributed by atoms with E-state index in [4.69, 9.17) is 4.74 Å². The van der Waals surface area contributed by atoms with Crippen molar-refractivity contribution in [2.75, 3.05) is 13.2 Å². The Balaban J connectivity index is 3.12. The summed E-state index contributed by atoms with van der Waals surface area (Å²) < 4.78 is 5.03. The van der Waals surface area contributed by atoms with Crippen LogP contribution in [0.1, 0.15) is 47.5 Å². The molecule has 6 heteroatoms. The van der Waals surface area contributed by atoms with Gasteiger partial charge in [-0.25, -0.2) is 9.59 Å². The summed E-state index contributed by atoms with van der Waals surface area (Å²) in [5.41, 5.74) is -1.48. The van der Waals surface area contributed by atoms with Crippen molar-refractivity contribution in [2.24, 2.45) is 0 Å². The third-order valence-electron chi connectivity index (χ3n) is 3.74. The van der Waals surface area contributed by atoms with Crippen LogP contribution in [0.4, 0.5) is 4.79 Å². The number of amides is 2. The normalized spacial score (nSPS) is 21.5. The Kier molecular flexibility index (Phi) is 5.59. The lowest BCUT2D eigenvalue weighted by Crippen LogP contribution is -2.59. The SMILES string of the molecule is CCOC(=O)[C@]1(C#N)CCCN1C(=O)N(C(C)C)C(C)C. The number of hydrogen-bond acceptors (Lipinski definition) is 4. The smallest absolute Gasteiger partial charge is 0.347 e. The van der Waals surface area contributed by atoms with Crippen LogP contribution in [0, 0.1) is 11.3 Å². The molecule has 21 heavy (non-hydrogen) atoms. The molecule has 2 amide bonds. The number of rotatable bonds is 4. The molecule has 0 aromatic rings. The molecule has 1 fully saturated rings. The van der Waals surface area contributed by atoms with Gasteiger partial charge < -0.3 is 9.64 Å². The summed E-state index contributed by atoms with van der Waals surface area (Å²) in [5, 5.41) is 9.53. The van der Waals surface area contributed by atoms with Crippen molar-refractivity contribution in [1.82, 2.24) is 9.80 Å². The zero-order valence-electron chi connectivity index (χ0n) is 13.5. The van der Waals surface area contributed by atoms with E-state index in [2.05, 4.69) is 0 Å². The van der Waals surface area contributed by atoms with Crippen LogP contribution in [0.25, 0.3) is 0 Å². The van der Waals surface area contributed by atoms with Gasteiger partial charge in [0.05, 0.1) is 6.61 Å². The fourth-order valence-electron chi connectivity index (χ4n) is 2.88. The molecule has 1 rings (SSSR count). The highest BCUT2D eigenvalue weighted by molar-refractivity contribution is 5.91. The number of carbonyl (C=O) groups excluding carboxylic acids is 2. The van der Waals surface area contributed by atoms with Gasteiger partial charge >= 0.3 is 12.0 Å². The lowest BCUT2D eigenvalue weighted by molar-refractivity contribution is -0.151. The first-order chi connectivity index (χ1) is 9.81. The van der Waals surface area contributed by atoms with Crippen LogP contribution in [-0.4, -0.2) is 52.6 Å². The second-order valence-electron chi connectivity index (χ2n) is 5.83. The monoisotopic (exact) mass is 295 g/mol. The molecule has 0 saturated carbocycles. The van der Waals surface area contributed by atoms with Crippen LogP contribution in [0.5, 0.6) is 0 Å². The highest BCUT2D eigenvalue weighted by atomic mass is 16.5. The lowest BCUT2D eigenvalue weighted by Gasteiger charge is -2.38. The molecule has 1 aliphatic rings. The van der Waals surface area contributed by atoms with Crippen molar-refractivity contribution < 1.29 is 14.3 Å². The van der Waals surface area contributed by atoms with Gasteiger partial charge in [0.25, 0.3) is 0 Å². The van der Waals surface area contributed by atoms with Crippen molar-refractivity contribution in [3.63, 3.8) is 0 Å². The van der Waals surface area contributed by atoms with E-state index >= 15 is 0 Å². The van der Waals surface area contributed by atoms with E-state index in [1.807, 2.05) is 33.8 Å². The van der Waals surface area contributed by atoms with E-state index in [1.54, 1.807) is 11.8 Å². The molecule has 0 spiro atoms. The van der Waals surface area contributed by atoms with Crippen molar-refractivity contribution in [3.8, 4) is 6.07 Å². The number of ether oxygens (including phenoxy) is 1. The standard InChI is InChI=1S/C15H25N3O3/c1-6-21-13(19)15(10-16)8-7-9-17(15)14(20)18(11(2)3)12(4)5/h11-12H,6-9H2,1-5H3/t15-/m1/s1. The van der Waals surface area contributed by atoms with Gasteiger partial charge in [0, 0.05) is 18.6 Å². The van der Waals surface area contributed by atoms with E-state index in [0.717, 1.165) is 0 Å². The van der Waals surface area contributed by atoms with E-state index < -0.39 is 11.5 Å². The van der Waals surface area contributed by atoms with Crippen LogP contribution in [0.15, 0.2) is 0 Å². The summed E-state index contributed by atoms with van der Waals surface area (Å²) in [6.45, 7) is 9.99. The molecule has 0 aromatic heterocycles. The Bertz CT molecular complexity index is 434. The maximum atomic E-state index is 12.8. The van der Waals surface area contributed by atoms with Gasteiger partial charge in [0.15, 0.2) is 0 Å². The third-order valence-corrected chi connectivity index (χ3v) is 3.74. The number of urea groups is 1. The van der Waals surface area contributed by atoms with E-state index in [0.29, 0.717) is 19.4 Å². The quantitative estimate of drug-likeness (QED) is 0.745. The van der Waals surface area contributed by atoms with Crippen molar-refractivity contribution in [1.29, 1.82) is 5.26 Å². The fraction of sp³-hybridized carbons (Fsp3) is 0.800. The van der Waals surface area contributed by atoms with Gasteiger partial charge in [-0.05, 0) is 47.5 Å². The van der Waals surface area contributed by atoms with Crippen LogP contribution in [0.2, 0.25) is 0 Å². The molecule has 6 nitrogen and oxygen atoms in total. The minimum Gasteiger partial charge on any atom is -0.463 e. The van der Waals surface area contributed by atoms with Gasteiger partial charge in [-0.3, -0.25) is 4.90 Å². The van der Waals surface area contributed by atoms with Crippen LogP contribution >= 0.6 is 0 Å². The Labute approximate surface area is 126 Å². The molecule has 1 saturated heterocycles. The van der Waals surface area contributed by atoms with Crippen molar-refractivity contribution >= 4 is 12.0 Å². The highest BCUT2D eigenvalue weighted by Gasteiger charge is 2.53. The Hall–Kier alpha value is -1.77. The molecule has 118 valence electrons. The molecule has 0 aliphatic carbocycles. The number of hydrogen-bond donors (Lipinski definition) is 0. The minimum absolute atomic E-state index is 0.00307. The summed E-state index contributed by atoms with van der Waals surface area (Å²) in [7, 11) is 0. The highest BCUT2D eigenvalue weighted by Crippen LogP contribution is 2.32. The molecule has 0 unspecified atom stereocenters. The first-order valence-corrected chi connectivity index (χ1v) is 7.50. The van der Waals surface area contributed by atoms with Gasteiger partial charge in [-0.2, -0.15) is 5.26 Å². The molecular formula is C15H25N3O3. The van der Waals surface area contributed by atoms with Gasteiger partial charge in [-0.15, -0.1) is 0 Å². The zero-order chi connectivity index (χ0) is 16.2. The minimum atomic E-state index is -1.48. The lowest BCUT2D eigenvalue weighted by atomic mass is 9.98. The van der Waals surface area contributed by atoms with Gasteiger partial charge in [0.1, 0.15) is 6.07 Å². The van der Waals surface area contributed by atoms with Crippen LogP contribution < -0.4 is 0 Å². The zero-order valence-corrected chi connectivity index (χ0v) is 13.5. The van der Waals surface area contributed by atoms with Gasteiger partial charge in [0.2, 0.25) is 5.54 Å². The van der Waals surface area contributed by atoms with E-state index in [9.17, 15) is 14.9 Å². The maximum Gasteiger partial charge on any atom is 0.347 e. The predicted molar refractivity (Wildman–Crippen MR) is 78.4 cm³/mol. The van der Waals surface area contributed by atoms with Crippen molar-refractivity contribution in [2.45, 2.75) is 65.1 Å². The number of esters is 1. The summed E-state index contributed by atoms with van der Waals surface area (Å²) in [4.78, 5) is 28.1. The average molecular weight is 295 g/mol. The van der Waals surface area contributed by atoms with Crippen LogP contribution in [0.3, 0.4) is 0 Å². The molecular weight excluding hydrogens is 270 g/mol. The molecule has 0 radical (unpaired) electrons. The molecule has 1 heterocycles. The summed E-state index contributed by atoms with van der Waals surface area (Å²) in [5.74, 6) is -0.620.